The van der Waals surface area contributed by atoms with Gasteiger partial charge in [0, 0.05) is 5.30 Å². The molecule has 1 rings (SSSR count). The van der Waals surface area contributed by atoms with Crippen molar-refractivity contribution < 1.29 is 14.6 Å². The van der Waals surface area contributed by atoms with Crippen molar-refractivity contribution >= 4 is 51.0 Å². The Morgan fingerprint density at radius 2 is 1.63 bits per heavy atom. The van der Waals surface area contributed by atoms with Crippen LogP contribution in [0.1, 0.15) is 0 Å². The maximum atomic E-state index is 9.73. The molecule has 0 amide bonds. The molecule has 0 aliphatic rings. The summed E-state index contributed by atoms with van der Waals surface area (Å²) in [5, 5.41) is 20.3. The van der Waals surface area contributed by atoms with E-state index in [0.717, 1.165) is 11.8 Å². The molecule has 0 radical (unpaired) electrons. The van der Waals surface area contributed by atoms with Gasteiger partial charge in [0.15, 0.2) is 15.7 Å². The predicted molar refractivity (Wildman–Crippen MR) is 89.6 cm³/mol. The first-order chi connectivity index (χ1) is 8.62. The minimum Gasteiger partial charge on any atom is -0.512 e. The number of nitrogens with zero attached hydrogens (tertiary/aromatic N) is 1. The third kappa shape index (κ3) is 5.62. The zero-order valence-electron chi connectivity index (χ0n) is 11.9. The van der Waals surface area contributed by atoms with Gasteiger partial charge in [0.05, 0.1) is 0 Å². The molecule has 0 aromatic heterocycles. The fourth-order valence-corrected chi connectivity index (χ4v) is 1.91. The van der Waals surface area contributed by atoms with Gasteiger partial charge in [-0.1, -0.05) is 6.07 Å². The summed E-state index contributed by atoms with van der Waals surface area (Å²) in [5.74, 6) is 1.00. The molecule has 0 bridgehead atoms. The maximum absolute atomic E-state index is 9.73. The molecule has 4 nitrogen and oxygen atoms in total. The highest BCUT2D eigenvalue weighted by Crippen LogP contribution is 2.38. The Hall–Kier alpha value is -1.06. The van der Waals surface area contributed by atoms with Crippen molar-refractivity contribution in [3.8, 4) is 16.9 Å². The summed E-state index contributed by atoms with van der Waals surface area (Å²) in [6, 6.07) is 5.25. The van der Waals surface area contributed by atoms with Crippen LogP contribution in [0.15, 0.2) is 23.1 Å². The van der Waals surface area contributed by atoms with Gasteiger partial charge in [-0.15, -0.1) is 0 Å². The Morgan fingerprint density at radius 1 is 1.11 bits per heavy atom. The van der Waals surface area contributed by atoms with Crippen molar-refractivity contribution in [2.75, 3.05) is 0 Å². The van der Waals surface area contributed by atoms with E-state index in [1.54, 1.807) is 18.2 Å². The van der Waals surface area contributed by atoms with Gasteiger partial charge >= 0.3 is 0 Å². The average Bonchev–Trinajstić information content (AvgIpc) is 2.18. The van der Waals surface area contributed by atoms with Crippen molar-refractivity contribution in [1.29, 1.82) is 5.26 Å². The van der Waals surface area contributed by atoms with Crippen LogP contribution in [-0.4, -0.2) is 55.2 Å². The molecule has 0 aliphatic heterocycles. The highest BCUT2D eigenvalue weighted by atomic mass is 32.2. The van der Waals surface area contributed by atoms with E-state index in [-0.39, 0.29) is 5.30 Å². The van der Waals surface area contributed by atoms with Gasteiger partial charge in [0.2, 0.25) is 0 Å². The van der Waals surface area contributed by atoms with E-state index in [4.69, 9.17) is 14.7 Å². The van der Waals surface area contributed by atoms with Crippen molar-refractivity contribution in [3.05, 3.63) is 18.2 Å². The topological polar surface area (TPSA) is 62.5 Å². The van der Waals surface area contributed by atoms with Gasteiger partial charge in [-0.05, 0) is 23.9 Å². The predicted octanol–water partition coefficient (Wildman–Crippen LogP) is -3.60. The third-order valence-electron chi connectivity index (χ3n) is 1.87. The van der Waals surface area contributed by atoms with E-state index in [1.165, 1.54) is 15.7 Å². The number of thiocyanates is 1. The molecule has 0 aliphatic carbocycles. The highest BCUT2D eigenvalue weighted by molar-refractivity contribution is 8.04. The largest absolute Gasteiger partial charge is 0.512 e. The fourth-order valence-electron chi connectivity index (χ4n) is 1.40. The Labute approximate surface area is 122 Å². The fraction of sp³-hybridized carbons (Fsp3) is 0.222. The van der Waals surface area contributed by atoms with E-state index in [2.05, 4.69) is 0 Å². The van der Waals surface area contributed by atoms with Crippen LogP contribution < -0.4 is 9.47 Å². The third-order valence-corrected chi connectivity index (χ3v) is 2.56. The van der Waals surface area contributed by atoms with E-state index < -0.39 is 5.59 Å². The van der Waals surface area contributed by atoms with Crippen LogP contribution >= 0.6 is 11.8 Å². The zero-order valence-corrected chi connectivity index (χ0v) is 12.7. The summed E-state index contributed by atoms with van der Waals surface area (Å²) in [6.07, 6.45) is 0. The summed E-state index contributed by atoms with van der Waals surface area (Å²) in [6.45, 7) is 0. The minimum atomic E-state index is -1.31. The monoisotopic (exact) mass is 271 g/mol. The molecule has 0 unspecified atom stereocenters. The molecular formula is C9H14B5NO3S. The van der Waals surface area contributed by atoms with Gasteiger partial charge in [-0.3, -0.25) is 0 Å². The number of benzene rings is 1. The average molecular weight is 270 g/mol. The molecule has 0 saturated carbocycles. The molecule has 0 atom stereocenters. The van der Waals surface area contributed by atoms with E-state index >= 15 is 0 Å². The number of rotatable bonds is 5. The Morgan fingerprint density at radius 3 is 2.05 bits per heavy atom. The highest BCUT2D eigenvalue weighted by Gasteiger charge is 2.21. The van der Waals surface area contributed by atoms with Gasteiger partial charge in [-0.2, -0.15) is 5.26 Å². The molecular weight excluding hydrogens is 256 g/mol. The lowest BCUT2D eigenvalue weighted by atomic mass is 9.52. The van der Waals surface area contributed by atoms with Crippen LogP contribution in [0.4, 0.5) is 0 Å². The number of ether oxygens (including phenoxy) is 2. The Balaban J connectivity index is 3.18. The SMILES string of the molecule is BC(B)(B)Oc1cccc(OC(B)(B)O)c1SC#N. The van der Waals surface area contributed by atoms with Crippen molar-refractivity contribution in [2.45, 2.75) is 15.8 Å². The molecule has 1 N–H and O–H groups in total. The first-order valence-electron chi connectivity index (χ1n) is 5.92. The number of aliphatic hydroxyl groups is 1. The smallest absolute Gasteiger partial charge is 0.181 e. The lowest BCUT2D eigenvalue weighted by molar-refractivity contribution is 0.0103. The Kier molecular flexibility index (Phi) is 5.00. The second-order valence-corrected chi connectivity index (χ2v) is 6.33. The molecule has 0 saturated heterocycles. The summed E-state index contributed by atoms with van der Waals surface area (Å²) in [4.78, 5) is 0.571. The second-order valence-electron chi connectivity index (χ2n) is 5.54. The second kappa shape index (κ2) is 5.93. The van der Waals surface area contributed by atoms with Crippen LogP contribution in [0, 0.1) is 10.7 Å². The van der Waals surface area contributed by atoms with Crippen molar-refractivity contribution in [3.63, 3.8) is 0 Å². The van der Waals surface area contributed by atoms with Crippen molar-refractivity contribution in [1.82, 2.24) is 0 Å². The Bertz CT molecular complexity index is 460. The van der Waals surface area contributed by atoms with E-state index in [1.807, 2.05) is 28.9 Å². The van der Waals surface area contributed by atoms with Crippen LogP contribution in [-0.2, 0) is 0 Å². The number of nitriles is 1. The number of thioether (sulfide) groups is 1. The molecule has 0 spiro atoms. The molecule has 0 heterocycles. The first-order valence-corrected chi connectivity index (χ1v) is 6.73. The molecule has 0 fully saturated rings. The van der Waals surface area contributed by atoms with Gasteiger partial charge in [0.1, 0.15) is 50.9 Å². The molecule has 19 heavy (non-hydrogen) atoms. The quantitative estimate of drug-likeness (QED) is 0.259. The number of hydrogen-bond donors (Lipinski definition) is 1. The van der Waals surface area contributed by atoms with Gasteiger partial charge in [0.25, 0.3) is 0 Å². The zero-order chi connectivity index (χ0) is 14.7. The summed E-state index contributed by atoms with van der Waals surface area (Å²) >= 11 is 0.954. The first kappa shape index (κ1) is 16.0. The van der Waals surface area contributed by atoms with Crippen LogP contribution in [0.25, 0.3) is 0 Å². The van der Waals surface area contributed by atoms with Crippen molar-refractivity contribution in [2.24, 2.45) is 0 Å². The van der Waals surface area contributed by atoms with Gasteiger partial charge < -0.3 is 14.6 Å². The lowest BCUT2D eigenvalue weighted by Gasteiger charge is -2.26. The minimum absolute atomic E-state index is 0.377. The summed E-state index contributed by atoms with van der Waals surface area (Å²) < 4.78 is 11.3. The maximum Gasteiger partial charge on any atom is 0.181 e. The standard InChI is InChI=1S/C9H14B5NO3S/c10-8(11,12)17-5-2-1-3-6(7(5)19-4-15)18-9(13,14)16/h1-3,16H,10-14H2. The van der Waals surface area contributed by atoms with Crippen LogP contribution in [0.5, 0.6) is 11.5 Å². The van der Waals surface area contributed by atoms with E-state index in [9.17, 15) is 5.11 Å². The van der Waals surface area contributed by atoms with Crippen LogP contribution in [0.2, 0.25) is 0 Å². The summed E-state index contributed by atoms with van der Waals surface area (Å²) in [5.41, 5.74) is -1.31. The molecule has 1 aromatic rings. The number of hydrogen-bond acceptors (Lipinski definition) is 5. The van der Waals surface area contributed by atoms with E-state index in [0.29, 0.717) is 16.4 Å². The molecule has 10 heteroatoms. The normalized spacial score (nSPS) is 11.6. The summed E-state index contributed by atoms with van der Waals surface area (Å²) in [7, 11) is 8.85. The molecule has 1 aromatic carbocycles. The van der Waals surface area contributed by atoms with Gasteiger partial charge in [-0.25, -0.2) is 0 Å². The van der Waals surface area contributed by atoms with Crippen LogP contribution in [0.3, 0.4) is 0 Å². The molecule has 94 valence electrons. The lowest BCUT2D eigenvalue weighted by Crippen LogP contribution is -2.38.